The van der Waals surface area contributed by atoms with Crippen molar-refractivity contribution in [2.45, 2.75) is 33.1 Å². The van der Waals surface area contributed by atoms with E-state index in [0.29, 0.717) is 18.0 Å². The minimum Gasteiger partial charge on any atom is -0.381 e. The van der Waals surface area contributed by atoms with E-state index >= 15 is 0 Å². The molecule has 1 fully saturated rings. The Balaban J connectivity index is 1.75. The number of amides is 1. The van der Waals surface area contributed by atoms with Crippen LogP contribution in [0.25, 0.3) is 0 Å². The standard InChI is InChI=1S/C18H31N5O2S/c1-4-19-18(23(3)10-5-15-6-11-25-12-7-15)21-9-8-20-17(24)16-14(2)22-13-26-16/h13,15H,4-12H2,1-3H3,(H,19,21)(H,20,24). The Kier molecular flexibility index (Phi) is 8.84. The molecule has 2 rings (SSSR count). The Morgan fingerprint density at radius 1 is 1.42 bits per heavy atom. The SMILES string of the molecule is CCNC(=NCCNC(=O)c1scnc1C)N(C)CCC1CCOCC1. The molecule has 1 aliphatic rings. The predicted octanol–water partition coefficient (Wildman–Crippen LogP) is 1.90. The average Bonchev–Trinajstić information content (AvgIpc) is 3.09. The fraction of sp³-hybridized carbons (Fsp3) is 0.722. The van der Waals surface area contributed by atoms with Crippen LogP contribution in [-0.4, -0.2) is 68.2 Å². The maximum absolute atomic E-state index is 12.1. The highest BCUT2D eigenvalue weighted by molar-refractivity contribution is 7.11. The molecular formula is C18H31N5O2S. The number of ether oxygens (including phenoxy) is 1. The van der Waals surface area contributed by atoms with Gasteiger partial charge in [0.15, 0.2) is 5.96 Å². The van der Waals surface area contributed by atoms with E-state index in [1.54, 1.807) is 5.51 Å². The van der Waals surface area contributed by atoms with Crippen LogP contribution in [0.1, 0.15) is 41.6 Å². The molecule has 0 radical (unpaired) electrons. The quantitative estimate of drug-likeness (QED) is 0.408. The van der Waals surface area contributed by atoms with E-state index in [4.69, 9.17) is 4.74 Å². The summed E-state index contributed by atoms with van der Waals surface area (Å²) >= 11 is 1.37. The lowest BCUT2D eigenvalue weighted by molar-refractivity contribution is 0.0625. The number of carbonyl (C=O) groups is 1. The molecule has 26 heavy (non-hydrogen) atoms. The zero-order valence-corrected chi connectivity index (χ0v) is 16.9. The number of aromatic nitrogens is 1. The molecule has 0 aromatic carbocycles. The van der Waals surface area contributed by atoms with Crippen LogP contribution in [0.5, 0.6) is 0 Å². The summed E-state index contributed by atoms with van der Waals surface area (Å²) < 4.78 is 5.42. The van der Waals surface area contributed by atoms with Crippen LogP contribution in [0.3, 0.4) is 0 Å². The molecule has 2 heterocycles. The van der Waals surface area contributed by atoms with Gasteiger partial charge in [-0.3, -0.25) is 9.79 Å². The number of nitrogens with one attached hydrogen (secondary N) is 2. The van der Waals surface area contributed by atoms with Gasteiger partial charge in [0.25, 0.3) is 5.91 Å². The molecule has 0 atom stereocenters. The summed E-state index contributed by atoms with van der Waals surface area (Å²) in [6, 6.07) is 0. The van der Waals surface area contributed by atoms with E-state index in [2.05, 4.69) is 39.5 Å². The van der Waals surface area contributed by atoms with Crippen molar-refractivity contribution in [1.82, 2.24) is 20.5 Å². The highest BCUT2D eigenvalue weighted by Crippen LogP contribution is 2.18. The second-order valence-corrected chi connectivity index (χ2v) is 7.38. The fourth-order valence-corrected chi connectivity index (χ4v) is 3.64. The molecule has 0 aliphatic carbocycles. The maximum atomic E-state index is 12.1. The summed E-state index contributed by atoms with van der Waals surface area (Å²) in [6.07, 6.45) is 3.47. The van der Waals surface area contributed by atoms with Crippen LogP contribution >= 0.6 is 11.3 Å². The smallest absolute Gasteiger partial charge is 0.263 e. The average molecular weight is 382 g/mol. The van der Waals surface area contributed by atoms with Crippen LogP contribution in [-0.2, 0) is 4.74 Å². The lowest BCUT2D eigenvalue weighted by Crippen LogP contribution is -2.40. The van der Waals surface area contributed by atoms with Crippen LogP contribution in [0, 0.1) is 12.8 Å². The molecule has 146 valence electrons. The molecule has 1 amide bonds. The molecule has 0 saturated carbocycles. The monoisotopic (exact) mass is 381 g/mol. The Morgan fingerprint density at radius 2 is 2.19 bits per heavy atom. The van der Waals surface area contributed by atoms with E-state index in [1.165, 1.54) is 11.3 Å². The lowest BCUT2D eigenvalue weighted by atomic mass is 9.96. The van der Waals surface area contributed by atoms with Gasteiger partial charge in [0.2, 0.25) is 0 Å². The molecule has 0 unspecified atom stereocenters. The number of nitrogens with zero attached hydrogens (tertiary/aromatic N) is 3. The second kappa shape index (κ2) is 11.1. The predicted molar refractivity (Wildman–Crippen MR) is 106 cm³/mol. The first-order valence-corrected chi connectivity index (χ1v) is 10.2. The first kappa shape index (κ1) is 20.6. The first-order chi connectivity index (χ1) is 12.6. The van der Waals surface area contributed by atoms with E-state index in [1.807, 2.05) is 6.92 Å². The fourth-order valence-electron chi connectivity index (χ4n) is 2.92. The van der Waals surface area contributed by atoms with E-state index < -0.39 is 0 Å². The van der Waals surface area contributed by atoms with Crippen LogP contribution in [0.4, 0.5) is 0 Å². The van der Waals surface area contributed by atoms with Gasteiger partial charge in [-0.05, 0) is 39.0 Å². The number of hydrogen-bond donors (Lipinski definition) is 2. The van der Waals surface area contributed by atoms with E-state index in [-0.39, 0.29) is 5.91 Å². The highest BCUT2D eigenvalue weighted by atomic mass is 32.1. The third-order valence-corrected chi connectivity index (χ3v) is 5.45. The third kappa shape index (κ3) is 6.57. The molecule has 8 heteroatoms. The number of aliphatic imine (C=N–C) groups is 1. The minimum absolute atomic E-state index is 0.0712. The lowest BCUT2D eigenvalue weighted by Gasteiger charge is -2.26. The van der Waals surface area contributed by atoms with Crippen molar-refractivity contribution in [2.75, 3.05) is 46.4 Å². The topological polar surface area (TPSA) is 78.8 Å². The largest absolute Gasteiger partial charge is 0.381 e. The number of thiazole rings is 1. The number of carbonyl (C=O) groups excluding carboxylic acids is 1. The molecular weight excluding hydrogens is 350 g/mol. The first-order valence-electron chi connectivity index (χ1n) is 9.37. The van der Waals surface area contributed by atoms with Crippen molar-refractivity contribution in [3.05, 3.63) is 16.1 Å². The second-order valence-electron chi connectivity index (χ2n) is 6.52. The zero-order chi connectivity index (χ0) is 18.8. The van der Waals surface area contributed by atoms with Gasteiger partial charge in [0, 0.05) is 39.9 Å². The van der Waals surface area contributed by atoms with Gasteiger partial charge in [0.1, 0.15) is 4.88 Å². The van der Waals surface area contributed by atoms with E-state index in [9.17, 15) is 4.79 Å². The van der Waals surface area contributed by atoms with Crippen molar-refractivity contribution in [3.8, 4) is 0 Å². The highest BCUT2D eigenvalue weighted by Gasteiger charge is 2.15. The van der Waals surface area contributed by atoms with Crippen molar-refractivity contribution in [3.63, 3.8) is 0 Å². The van der Waals surface area contributed by atoms with Crippen molar-refractivity contribution in [2.24, 2.45) is 10.9 Å². The molecule has 1 saturated heterocycles. The minimum atomic E-state index is -0.0712. The summed E-state index contributed by atoms with van der Waals surface area (Å²) in [7, 11) is 2.07. The summed E-state index contributed by atoms with van der Waals surface area (Å²) in [6.45, 7) is 8.56. The number of hydrogen-bond acceptors (Lipinski definition) is 5. The molecule has 1 aromatic heterocycles. The summed E-state index contributed by atoms with van der Waals surface area (Å²) in [4.78, 5) is 23.7. The van der Waals surface area contributed by atoms with Crippen LogP contribution in [0.15, 0.2) is 10.5 Å². The van der Waals surface area contributed by atoms with E-state index in [0.717, 1.165) is 63.1 Å². The van der Waals surface area contributed by atoms with Gasteiger partial charge in [-0.2, -0.15) is 0 Å². The van der Waals surface area contributed by atoms with Gasteiger partial charge in [-0.25, -0.2) is 4.98 Å². The summed E-state index contributed by atoms with van der Waals surface area (Å²) in [5, 5.41) is 6.24. The van der Waals surface area contributed by atoms with Crippen molar-refractivity contribution >= 4 is 23.2 Å². The van der Waals surface area contributed by atoms with Crippen molar-refractivity contribution in [1.29, 1.82) is 0 Å². The van der Waals surface area contributed by atoms with Gasteiger partial charge >= 0.3 is 0 Å². The molecule has 2 N–H and O–H groups in total. The summed E-state index contributed by atoms with van der Waals surface area (Å²) in [5.41, 5.74) is 2.47. The summed E-state index contributed by atoms with van der Waals surface area (Å²) in [5.74, 6) is 1.57. The van der Waals surface area contributed by atoms with Gasteiger partial charge in [-0.15, -0.1) is 11.3 Å². The molecule has 1 aliphatic heterocycles. The molecule has 0 bridgehead atoms. The van der Waals surface area contributed by atoms with Crippen LogP contribution < -0.4 is 10.6 Å². The number of rotatable bonds is 8. The number of aryl methyl sites for hydroxylation is 1. The zero-order valence-electron chi connectivity index (χ0n) is 16.1. The molecule has 1 aromatic rings. The Bertz CT molecular complexity index is 584. The molecule has 7 nitrogen and oxygen atoms in total. The molecule has 0 spiro atoms. The third-order valence-electron chi connectivity index (χ3n) is 4.52. The normalized spacial score (nSPS) is 15.7. The van der Waals surface area contributed by atoms with Gasteiger partial charge < -0.3 is 20.3 Å². The Morgan fingerprint density at radius 3 is 2.85 bits per heavy atom. The van der Waals surface area contributed by atoms with Gasteiger partial charge in [0.05, 0.1) is 17.7 Å². The Labute approximate surface area is 160 Å². The van der Waals surface area contributed by atoms with Crippen LogP contribution in [0.2, 0.25) is 0 Å². The van der Waals surface area contributed by atoms with Crippen molar-refractivity contribution < 1.29 is 9.53 Å². The maximum Gasteiger partial charge on any atom is 0.263 e. The van der Waals surface area contributed by atoms with Gasteiger partial charge in [-0.1, -0.05) is 0 Å². The Hall–Kier alpha value is -1.67. The number of guanidine groups is 1.